The molecule has 0 atom stereocenters. The highest BCUT2D eigenvalue weighted by molar-refractivity contribution is 7.86. The van der Waals surface area contributed by atoms with E-state index in [1.807, 2.05) is 13.8 Å². The maximum Gasteiger partial charge on any atom is 0.296 e. The normalized spacial score (nSPS) is 14.0. The molecule has 0 N–H and O–H groups in total. The van der Waals surface area contributed by atoms with E-state index in [1.54, 1.807) is 36.4 Å². The number of carbonyl (C=O) groups is 2. The van der Waals surface area contributed by atoms with Crippen molar-refractivity contribution >= 4 is 21.9 Å². The van der Waals surface area contributed by atoms with Crippen LogP contribution in [0, 0.1) is 13.8 Å². The summed E-state index contributed by atoms with van der Waals surface area (Å²) >= 11 is 0. The highest BCUT2D eigenvalue weighted by atomic mass is 32.2. The number of aryl methyl sites for hydroxylation is 2. The molecule has 1 aliphatic heterocycles. The van der Waals surface area contributed by atoms with Gasteiger partial charge in [0.15, 0.2) is 0 Å². The second-order valence-corrected chi connectivity index (χ2v) is 7.80. The first-order valence-electron chi connectivity index (χ1n) is 8.23. The van der Waals surface area contributed by atoms with E-state index in [0.29, 0.717) is 11.1 Å². The maximum absolute atomic E-state index is 12.2. The molecule has 1 heterocycles. The van der Waals surface area contributed by atoms with E-state index in [2.05, 4.69) is 0 Å². The van der Waals surface area contributed by atoms with Crippen molar-refractivity contribution in [1.82, 2.24) is 4.90 Å². The van der Waals surface area contributed by atoms with Crippen molar-refractivity contribution in [1.29, 1.82) is 0 Å². The number of amides is 2. The van der Waals surface area contributed by atoms with E-state index in [-0.39, 0.29) is 36.3 Å². The lowest BCUT2D eigenvalue weighted by Gasteiger charge is -2.13. The molecule has 2 amide bonds. The van der Waals surface area contributed by atoms with E-state index in [0.717, 1.165) is 16.0 Å². The zero-order valence-corrected chi connectivity index (χ0v) is 15.4. The topological polar surface area (TPSA) is 80.8 Å². The fourth-order valence-corrected chi connectivity index (χ4v) is 3.80. The van der Waals surface area contributed by atoms with Gasteiger partial charge in [-0.2, -0.15) is 8.42 Å². The van der Waals surface area contributed by atoms with Crippen LogP contribution in [-0.4, -0.2) is 38.3 Å². The van der Waals surface area contributed by atoms with Gasteiger partial charge >= 0.3 is 0 Å². The summed E-state index contributed by atoms with van der Waals surface area (Å²) in [6.07, 6.45) is 0.232. The molecule has 0 saturated carbocycles. The van der Waals surface area contributed by atoms with Crippen LogP contribution in [0.3, 0.4) is 0 Å². The van der Waals surface area contributed by atoms with Crippen molar-refractivity contribution in [3.8, 4) is 0 Å². The number of hydrogen-bond donors (Lipinski definition) is 0. The smallest absolute Gasteiger partial charge is 0.274 e. The van der Waals surface area contributed by atoms with Crippen LogP contribution >= 0.6 is 0 Å². The lowest BCUT2D eigenvalue weighted by Crippen LogP contribution is -2.31. The molecule has 7 heteroatoms. The molecule has 0 bridgehead atoms. The minimum Gasteiger partial charge on any atom is -0.274 e. The van der Waals surface area contributed by atoms with Gasteiger partial charge in [0.05, 0.1) is 22.6 Å². The number of rotatable bonds is 6. The number of carbonyl (C=O) groups excluding carboxylic acids is 2. The molecular weight excluding hydrogens is 354 g/mol. The van der Waals surface area contributed by atoms with Crippen LogP contribution in [0.1, 0.15) is 38.3 Å². The van der Waals surface area contributed by atoms with Gasteiger partial charge in [-0.15, -0.1) is 0 Å². The quantitative estimate of drug-likeness (QED) is 0.442. The summed E-state index contributed by atoms with van der Waals surface area (Å²) in [6.45, 7) is 3.72. The Hall–Kier alpha value is -2.51. The zero-order chi connectivity index (χ0) is 18.9. The minimum absolute atomic E-state index is 0.0985. The number of nitrogens with zero attached hydrogens (tertiary/aromatic N) is 1. The third kappa shape index (κ3) is 3.40. The Kier molecular flexibility index (Phi) is 4.93. The van der Waals surface area contributed by atoms with Crippen molar-refractivity contribution in [2.24, 2.45) is 0 Å². The van der Waals surface area contributed by atoms with Gasteiger partial charge in [-0.05, 0) is 55.7 Å². The summed E-state index contributed by atoms with van der Waals surface area (Å²) in [5.74, 6) is -0.717. The average molecular weight is 373 g/mol. The van der Waals surface area contributed by atoms with E-state index in [4.69, 9.17) is 4.18 Å². The van der Waals surface area contributed by atoms with Gasteiger partial charge in [0, 0.05) is 6.54 Å². The number of fused-ring (bicyclic) bond motifs is 1. The summed E-state index contributed by atoms with van der Waals surface area (Å²) in [4.78, 5) is 25.7. The van der Waals surface area contributed by atoms with Gasteiger partial charge in [0.1, 0.15) is 0 Å². The Morgan fingerprint density at radius 1 is 0.923 bits per heavy atom. The molecule has 0 fully saturated rings. The van der Waals surface area contributed by atoms with Crippen molar-refractivity contribution in [2.75, 3.05) is 13.2 Å². The average Bonchev–Trinajstić information content (AvgIpc) is 2.86. The summed E-state index contributed by atoms with van der Waals surface area (Å²) in [7, 11) is -3.86. The SMILES string of the molecule is Cc1ccc(S(=O)(=O)OCCCN2C(=O)c3ccccc3C2=O)cc1C. The Morgan fingerprint density at radius 3 is 2.12 bits per heavy atom. The standard InChI is InChI=1S/C19H19NO5S/c1-13-8-9-15(12-14(13)2)26(23,24)25-11-5-10-20-18(21)16-6-3-4-7-17(16)19(20)22/h3-4,6-9,12H,5,10-11H2,1-2H3. The molecular formula is C19H19NO5S. The van der Waals surface area contributed by atoms with Crippen LogP contribution in [0.25, 0.3) is 0 Å². The molecule has 1 aliphatic rings. The Balaban J connectivity index is 1.58. The van der Waals surface area contributed by atoms with Gasteiger partial charge in [0.2, 0.25) is 0 Å². The fraction of sp³-hybridized carbons (Fsp3) is 0.263. The molecule has 2 aromatic rings. The largest absolute Gasteiger partial charge is 0.296 e. The van der Waals surface area contributed by atoms with Crippen LogP contribution in [0.5, 0.6) is 0 Å². The van der Waals surface area contributed by atoms with Crippen molar-refractivity contribution < 1.29 is 22.2 Å². The summed E-state index contributed by atoms with van der Waals surface area (Å²) in [6, 6.07) is 11.4. The second kappa shape index (κ2) is 7.01. The predicted octanol–water partition coefficient (Wildman–Crippen LogP) is 2.70. The number of imide groups is 1. The summed E-state index contributed by atoms with van der Waals surface area (Å²) in [5.41, 5.74) is 2.61. The van der Waals surface area contributed by atoms with E-state index in [9.17, 15) is 18.0 Å². The van der Waals surface area contributed by atoms with Crippen LogP contribution in [0.4, 0.5) is 0 Å². The molecule has 0 unspecified atom stereocenters. The Morgan fingerprint density at radius 2 is 1.54 bits per heavy atom. The highest BCUT2D eigenvalue weighted by Gasteiger charge is 2.34. The molecule has 136 valence electrons. The van der Waals surface area contributed by atoms with Crippen molar-refractivity contribution in [2.45, 2.75) is 25.2 Å². The van der Waals surface area contributed by atoms with Crippen LogP contribution in [-0.2, 0) is 14.3 Å². The van der Waals surface area contributed by atoms with Gasteiger partial charge in [-0.25, -0.2) is 0 Å². The molecule has 0 radical (unpaired) electrons. The van der Waals surface area contributed by atoms with Gasteiger partial charge in [-0.3, -0.25) is 18.7 Å². The molecule has 2 aromatic carbocycles. The first-order chi connectivity index (χ1) is 12.3. The lowest BCUT2D eigenvalue weighted by molar-refractivity contribution is 0.0647. The number of benzene rings is 2. The Bertz CT molecular complexity index is 946. The fourth-order valence-electron chi connectivity index (χ4n) is 2.77. The van der Waals surface area contributed by atoms with Crippen LogP contribution in [0.15, 0.2) is 47.4 Å². The molecule has 3 rings (SSSR count). The van der Waals surface area contributed by atoms with Crippen molar-refractivity contribution in [3.05, 3.63) is 64.7 Å². The molecule has 0 aliphatic carbocycles. The third-order valence-electron chi connectivity index (χ3n) is 4.41. The second-order valence-electron chi connectivity index (χ2n) is 6.18. The molecule has 26 heavy (non-hydrogen) atoms. The first-order valence-corrected chi connectivity index (χ1v) is 9.64. The Labute approximate surface area is 152 Å². The minimum atomic E-state index is -3.86. The molecule has 0 aromatic heterocycles. The summed E-state index contributed by atoms with van der Waals surface area (Å²) in [5, 5.41) is 0. The third-order valence-corrected chi connectivity index (χ3v) is 5.72. The molecule has 0 saturated heterocycles. The lowest BCUT2D eigenvalue weighted by atomic mass is 10.1. The van der Waals surface area contributed by atoms with E-state index < -0.39 is 10.1 Å². The molecule has 6 nitrogen and oxygen atoms in total. The van der Waals surface area contributed by atoms with Gasteiger partial charge in [-0.1, -0.05) is 18.2 Å². The zero-order valence-electron chi connectivity index (χ0n) is 14.6. The van der Waals surface area contributed by atoms with Crippen molar-refractivity contribution in [3.63, 3.8) is 0 Å². The van der Waals surface area contributed by atoms with E-state index in [1.165, 1.54) is 6.07 Å². The van der Waals surface area contributed by atoms with E-state index >= 15 is 0 Å². The maximum atomic E-state index is 12.2. The molecule has 0 spiro atoms. The van der Waals surface area contributed by atoms with Gasteiger partial charge < -0.3 is 0 Å². The first kappa shape index (κ1) is 18.3. The predicted molar refractivity (Wildman–Crippen MR) is 95.5 cm³/mol. The summed E-state index contributed by atoms with van der Waals surface area (Å²) < 4.78 is 29.5. The van der Waals surface area contributed by atoms with Gasteiger partial charge in [0.25, 0.3) is 21.9 Å². The highest BCUT2D eigenvalue weighted by Crippen LogP contribution is 2.22. The van der Waals surface area contributed by atoms with Crippen LogP contribution in [0.2, 0.25) is 0 Å². The number of hydrogen-bond acceptors (Lipinski definition) is 5. The monoisotopic (exact) mass is 373 g/mol. The van der Waals surface area contributed by atoms with Crippen LogP contribution < -0.4 is 0 Å².